The van der Waals surface area contributed by atoms with E-state index in [0.29, 0.717) is 5.56 Å². The van der Waals surface area contributed by atoms with Crippen LogP contribution in [0, 0.1) is 13.8 Å². The average Bonchev–Trinajstić information content (AvgIpc) is 2.89. The van der Waals surface area contributed by atoms with Gasteiger partial charge in [0.25, 0.3) is 5.91 Å². The van der Waals surface area contributed by atoms with Crippen molar-refractivity contribution in [2.24, 2.45) is 12.0 Å². The minimum atomic E-state index is -0.196. The number of benzene rings is 2. The normalized spacial score (nSPS) is 12.1. The fraction of sp³-hybridized carbons (Fsp3) is 0.222. The first-order chi connectivity index (χ1) is 11.0. The highest BCUT2D eigenvalue weighted by molar-refractivity contribution is 7.98. The Hall–Kier alpha value is -1.85. The fourth-order valence-corrected chi connectivity index (χ4v) is 4.20. The summed E-state index contributed by atoms with van der Waals surface area (Å²) in [7, 11) is 1.97. The number of fused-ring (bicyclic) bond motifs is 1. The van der Waals surface area contributed by atoms with Crippen molar-refractivity contribution < 1.29 is 4.79 Å². The first-order valence-electron chi connectivity index (χ1n) is 7.30. The monoisotopic (exact) mass is 342 g/mol. The number of rotatable bonds is 2. The number of amides is 1. The molecular weight excluding hydrogens is 324 g/mol. The van der Waals surface area contributed by atoms with Crippen LogP contribution in [0.5, 0.6) is 0 Å². The first kappa shape index (κ1) is 16.0. The number of aryl methyl sites for hydroxylation is 3. The van der Waals surface area contributed by atoms with Gasteiger partial charge in [-0.1, -0.05) is 29.5 Å². The van der Waals surface area contributed by atoms with Gasteiger partial charge < -0.3 is 4.57 Å². The van der Waals surface area contributed by atoms with Crippen LogP contribution in [0.1, 0.15) is 21.5 Å². The van der Waals surface area contributed by atoms with Crippen molar-refractivity contribution in [1.29, 1.82) is 0 Å². The maximum absolute atomic E-state index is 12.5. The Morgan fingerprint density at radius 3 is 2.61 bits per heavy atom. The third kappa shape index (κ3) is 2.99. The lowest BCUT2D eigenvalue weighted by Crippen LogP contribution is -2.13. The standard InChI is InChI=1S/C18H18N2OS2/c1-11-8-9-12(2)16-15(11)20(3)18(23-16)19-17(21)13-6-5-7-14(10-13)22-4/h5-10H,1-4H3. The molecule has 0 aliphatic carbocycles. The van der Waals surface area contributed by atoms with Crippen LogP contribution in [0.25, 0.3) is 10.2 Å². The van der Waals surface area contributed by atoms with Gasteiger partial charge in [-0.25, -0.2) is 0 Å². The van der Waals surface area contributed by atoms with Gasteiger partial charge in [0, 0.05) is 17.5 Å². The van der Waals surface area contributed by atoms with Crippen molar-refractivity contribution >= 4 is 39.2 Å². The number of nitrogens with zero attached hydrogens (tertiary/aromatic N) is 2. The van der Waals surface area contributed by atoms with Crippen LogP contribution in [0.15, 0.2) is 46.3 Å². The van der Waals surface area contributed by atoms with Gasteiger partial charge in [-0.3, -0.25) is 4.79 Å². The van der Waals surface area contributed by atoms with Gasteiger partial charge >= 0.3 is 0 Å². The third-order valence-corrected chi connectivity index (χ3v) is 5.85. The Bertz CT molecular complexity index is 967. The molecule has 3 rings (SSSR count). The highest BCUT2D eigenvalue weighted by Gasteiger charge is 2.10. The Morgan fingerprint density at radius 2 is 1.91 bits per heavy atom. The molecule has 3 aromatic rings. The number of hydrogen-bond acceptors (Lipinski definition) is 3. The molecule has 2 aromatic carbocycles. The molecule has 0 aliphatic heterocycles. The molecule has 1 heterocycles. The van der Waals surface area contributed by atoms with Crippen LogP contribution in [-0.2, 0) is 7.05 Å². The van der Waals surface area contributed by atoms with Crippen LogP contribution in [0.2, 0.25) is 0 Å². The predicted octanol–water partition coefficient (Wildman–Crippen LogP) is 4.32. The third-order valence-electron chi connectivity index (χ3n) is 3.86. The van der Waals surface area contributed by atoms with Crippen molar-refractivity contribution in [2.75, 3.05) is 6.26 Å². The number of aromatic nitrogens is 1. The van der Waals surface area contributed by atoms with E-state index in [0.717, 1.165) is 15.2 Å². The van der Waals surface area contributed by atoms with Crippen molar-refractivity contribution in [1.82, 2.24) is 4.57 Å². The lowest BCUT2D eigenvalue weighted by Gasteiger charge is -2.02. The van der Waals surface area contributed by atoms with Gasteiger partial charge in [-0.05, 0) is 49.4 Å². The van der Waals surface area contributed by atoms with Gasteiger partial charge in [0.15, 0.2) is 4.80 Å². The highest BCUT2D eigenvalue weighted by Crippen LogP contribution is 2.24. The molecule has 3 nitrogen and oxygen atoms in total. The topological polar surface area (TPSA) is 34.4 Å². The molecule has 0 fully saturated rings. The molecule has 0 spiro atoms. The second-order valence-electron chi connectivity index (χ2n) is 5.47. The van der Waals surface area contributed by atoms with E-state index >= 15 is 0 Å². The number of thiazole rings is 1. The zero-order valence-electron chi connectivity index (χ0n) is 13.6. The van der Waals surface area contributed by atoms with E-state index < -0.39 is 0 Å². The summed E-state index contributed by atoms with van der Waals surface area (Å²) >= 11 is 3.19. The lowest BCUT2D eigenvalue weighted by atomic mass is 10.1. The molecule has 5 heteroatoms. The Morgan fingerprint density at radius 1 is 1.17 bits per heavy atom. The molecule has 0 radical (unpaired) electrons. The summed E-state index contributed by atoms with van der Waals surface area (Å²) in [6.45, 7) is 4.17. The van der Waals surface area contributed by atoms with Gasteiger partial charge in [-0.2, -0.15) is 4.99 Å². The summed E-state index contributed by atoms with van der Waals surface area (Å²) in [4.78, 5) is 18.7. The molecular formula is C18H18N2OS2. The second kappa shape index (κ2) is 6.34. The summed E-state index contributed by atoms with van der Waals surface area (Å²) in [6, 6.07) is 11.8. The van der Waals surface area contributed by atoms with Gasteiger partial charge in [0.05, 0.1) is 10.2 Å². The van der Waals surface area contributed by atoms with Crippen LogP contribution in [0.3, 0.4) is 0 Å². The molecule has 0 saturated carbocycles. The molecule has 1 amide bonds. The van der Waals surface area contributed by atoms with Crippen molar-refractivity contribution in [3.05, 3.63) is 57.9 Å². The molecule has 0 atom stereocenters. The summed E-state index contributed by atoms with van der Waals surface area (Å²) < 4.78 is 3.20. The summed E-state index contributed by atoms with van der Waals surface area (Å²) in [5.41, 5.74) is 4.19. The molecule has 0 N–H and O–H groups in total. The minimum Gasteiger partial charge on any atom is -0.319 e. The van der Waals surface area contributed by atoms with E-state index in [4.69, 9.17) is 0 Å². The summed E-state index contributed by atoms with van der Waals surface area (Å²) in [5, 5.41) is 0. The molecule has 0 bridgehead atoms. The van der Waals surface area contributed by atoms with Gasteiger partial charge in [0.2, 0.25) is 0 Å². The van der Waals surface area contributed by atoms with Crippen molar-refractivity contribution in [3.63, 3.8) is 0 Å². The second-order valence-corrected chi connectivity index (χ2v) is 7.33. The maximum Gasteiger partial charge on any atom is 0.279 e. The molecule has 0 saturated heterocycles. The van der Waals surface area contributed by atoms with E-state index in [9.17, 15) is 4.79 Å². The van der Waals surface area contributed by atoms with E-state index in [1.165, 1.54) is 15.8 Å². The predicted molar refractivity (Wildman–Crippen MR) is 98.4 cm³/mol. The summed E-state index contributed by atoms with van der Waals surface area (Å²) in [6.07, 6.45) is 2.00. The molecule has 118 valence electrons. The smallest absolute Gasteiger partial charge is 0.279 e. The summed E-state index contributed by atoms with van der Waals surface area (Å²) in [5.74, 6) is -0.196. The molecule has 0 aliphatic rings. The van der Waals surface area contributed by atoms with Crippen molar-refractivity contribution in [2.45, 2.75) is 18.7 Å². The Balaban J connectivity index is 2.14. The largest absolute Gasteiger partial charge is 0.319 e. The van der Waals surface area contributed by atoms with E-state index in [2.05, 4.69) is 31.0 Å². The molecule has 1 aromatic heterocycles. The minimum absolute atomic E-state index is 0.196. The van der Waals surface area contributed by atoms with Crippen LogP contribution in [0.4, 0.5) is 0 Å². The Kier molecular flexibility index (Phi) is 4.41. The van der Waals surface area contributed by atoms with Crippen LogP contribution >= 0.6 is 23.1 Å². The zero-order chi connectivity index (χ0) is 16.6. The maximum atomic E-state index is 12.5. The van der Waals surface area contributed by atoms with Crippen LogP contribution in [-0.4, -0.2) is 16.7 Å². The quantitative estimate of drug-likeness (QED) is 0.650. The average molecular weight is 342 g/mol. The molecule has 23 heavy (non-hydrogen) atoms. The zero-order valence-corrected chi connectivity index (χ0v) is 15.2. The molecule has 0 unspecified atom stereocenters. The Labute approximate surface area is 143 Å². The lowest BCUT2D eigenvalue weighted by molar-refractivity contribution is 0.0997. The van der Waals surface area contributed by atoms with E-state index in [1.807, 2.05) is 42.1 Å². The first-order valence-corrected chi connectivity index (χ1v) is 9.34. The van der Waals surface area contributed by atoms with E-state index in [-0.39, 0.29) is 5.91 Å². The van der Waals surface area contributed by atoms with E-state index in [1.54, 1.807) is 23.1 Å². The van der Waals surface area contributed by atoms with Crippen LogP contribution < -0.4 is 4.80 Å². The number of hydrogen-bond donors (Lipinski definition) is 0. The highest BCUT2D eigenvalue weighted by atomic mass is 32.2. The SMILES string of the molecule is CSc1cccc(C(=O)N=c2sc3c(C)ccc(C)c3n2C)c1. The number of thioether (sulfide) groups is 1. The van der Waals surface area contributed by atoms with Gasteiger partial charge in [-0.15, -0.1) is 11.8 Å². The van der Waals surface area contributed by atoms with Crippen molar-refractivity contribution in [3.8, 4) is 0 Å². The number of carbonyl (C=O) groups excluding carboxylic acids is 1. The fourth-order valence-electron chi connectivity index (χ4n) is 2.58. The van der Waals surface area contributed by atoms with Gasteiger partial charge in [0.1, 0.15) is 0 Å². The number of carbonyl (C=O) groups is 1.